The summed E-state index contributed by atoms with van der Waals surface area (Å²) in [6.45, 7) is 0.394. The number of rotatable bonds is 3. The number of hydrogen-bond donors (Lipinski definition) is 1. The second-order valence-electron chi connectivity index (χ2n) is 4.90. The molecule has 0 spiro atoms. The zero-order valence-corrected chi connectivity index (χ0v) is 10.8. The van der Waals surface area contributed by atoms with Crippen LogP contribution in [0.5, 0.6) is 0 Å². The monoisotopic (exact) mass is 255 g/mol. The van der Waals surface area contributed by atoms with Gasteiger partial charge >= 0.3 is 0 Å². The molecule has 0 amide bonds. The highest BCUT2D eigenvalue weighted by Crippen LogP contribution is 2.43. The molecule has 2 unspecified atom stereocenters. The fourth-order valence-corrected chi connectivity index (χ4v) is 3.39. The number of nitrogens with zero attached hydrogens (tertiary/aromatic N) is 3. The molecule has 0 saturated carbocycles. The Morgan fingerprint density at radius 2 is 2.06 bits per heavy atom. The largest absolute Gasteiger partial charge is 0.422 e. The van der Waals surface area contributed by atoms with Crippen LogP contribution in [0.15, 0.2) is 4.42 Å². The summed E-state index contributed by atoms with van der Waals surface area (Å²) in [6.07, 6.45) is 4.64. The molecule has 0 aromatic carbocycles. The first-order chi connectivity index (χ1) is 8.28. The van der Waals surface area contributed by atoms with Crippen molar-refractivity contribution < 1.29 is 9.15 Å². The lowest BCUT2D eigenvalue weighted by Crippen LogP contribution is -2.35. The van der Waals surface area contributed by atoms with Crippen LogP contribution in [-0.4, -0.2) is 33.7 Å². The van der Waals surface area contributed by atoms with E-state index in [1.165, 1.54) is 12.8 Å². The Hall–Kier alpha value is -0.590. The average Bonchev–Trinajstić information content (AvgIpc) is 2.83. The van der Waals surface area contributed by atoms with Crippen LogP contribution >= 0.6 is 12.8 Å². The van der Waals surface area contributed by atoms with E-state index in [-0.39, 0.29) is 0 Å². The van der Waals surface area contributed by atoms with Crippen LogP contribution in [0.1, 0.15) is 43.4 Å². The van der Waals surface area contributed by atoms with Crippen LogP contribution in [0, 0.1) is 0 Å². The Balaban J connectivity index is 1.72. The second-order valence-corrected chi connectivity index (χ2v) is 5.36. The van der Waals surface area contributed by atoms with Crippen LogP contribution in [0.3, 0.4) is 0 Å². The Bertz CT molecular complexity index is 384. The molecule has 94 valence electrons. The molecule has 3 heterocycles. The minimum absolute atomic E-state index is 0.394. The summed E-state index contributed by atoms with van der Waals surface area (Å²) in [5.41, 5.74) is 0. The summed E-state index contributed by atoms with van der Waals surface area (Å²) < 4.78 is 12.8. The SMILES string of the molecule is COCc1nnc(C2CC3CCC(C2)N3S)o1. The molecule has 0 N–H and O–H groups in total. The van der Waals surface area contributed by atoms with Gasteiger partial charge in [-0.2, -0.15) is 0 Å². The van der Waals surface area contributed by atoms with Crippen molar-refractivity contribution in [3.8, 4) is 0 Å². The number of ether oxygens (including phenoxy) is 1. The lowest BCUT2D eigenvalue weighted by atomic mass is 9.92. The highest BCUT2D eigenvalue weighted by Gasteiger charge is 2.41. The van der Waals surface area contributed by atoms with Gasteiger partial charge in [-0.1, -0.05) is 12.8 Å². The number of methoxy groups -OCH3 is 1. The van der Waals surface area contributed by atoms with E-state index in [2.05, 4.69) is 27.3 Å². The molecule has 2 saturated heterocycles. The van der Waals surface area contributed by atoms with Gasteiger partial charge in [-0.15, -0.1) is 10.2 Å². The van der Waals surface area contributed by atoms with E-state index >= 15 is 0 Å². The molecular weight excluding hydrogens is 238 g/mol. The molecule has 0 radical (unpaired) electrons. The van der Waals surface area contributed by atoms with E-state index < -0.39 is 0 Å². The molecule has 2 fully saturated rings. The lowest BCUT2D eigenvalue weighted by Gasteiger charge is -2.33. The van der Waals surface area contributed by atoms with Crippen molar-refractivity contribution in [2.45, 2.75) is 50.3 Å². The number of fused-ring (bicyclic) bond motifs is 2. The molecule has 1 aromatic heterocycles. The number of piperidine rings is 1. The van der Waals surface area contributed by atoms with Gasteiger partial charge in [0.2, 0.25) is 11.8 Å². The van der Waals surface area contributed by atoms with E-state index in [9.17, 15) is 0 Å². The molecule has 1 aromatic rings. The van der Waals surface area contributed by atoms with Crippen molar-refractivity contribution in [1.82, 2.24) is 14.5 Å². The normalized spacial score (nSPS) is 33.2. The number of hydrogen-bond acceptors (Lipinski definition) is 6. The molecule has 17 heavy (non-hydrogen) atoms. The standard InChI is InChI=1S/C11H17N3O2S/c1-15-6-10-12-13-11(16-10)7-4-8-2-3-9(5-7)14(8)17/h7-9,17H,2-6H2,1H3. The lowest BCUT2D eigenvalue weighted by molar-refractivity contribution is 0.154. The van der Waals surface area contributed by atoms with Gasteiger partial charge in [0.1, 0.15) is 6.61 Å². The third-order valence-corrected chi connectivity index (χ3v) is 4.45. The quantitative estimate of drug-likeness (QED) is 0.834. The summed E-state index contributed by atoms with van der Waals surface area (Å²) >= 11 is 4.55. The molecule has 2 aliphatic rings. The molecule has 2 atom stereocenters. The van der Waals surface area contributed by atoms with Crippen LogP contribution in [-0.2, 0) is 11.3 Å². The van der Waals surface area contributed by atoms with Crippen molar-refractivity contribution in [1.29, 1.82) is 0 Å². The first kappa shape index (κ1) is 11.5. The highest BCUT2D eigenvalue weighted by atomic mass is 32.1. The molecule has 3 rings (SSSR count). The van der Waals surface area contributed by atoms with Gasteiger partial charge in [0.15, 0.2) is 0 Å². The Morgan fingerprint density at radius 1 is 1.35 bits per heavy atom. The molecule has 2 bridgehead atoms. The zero-order valence-electron chi connectivity index (χ0n) is 9.87. The van der Waals surface area contributed by atoms with E-state index in [0.717, 1.165) is 18.7 Å². The summed E-state index contributed by atoms with van der Waals surface area (Å²) in [7, 11) is 1.63. The van der Waals surface area contributed by atoms with Crippen molar-refractivity contribution in [3.05, 3.63) is 11.8 Å². The van der Waals surface area contributed by atoms with Gasteiger partial charge in [-0.3, -0.25) is 0 Å². The fraction of sp³-hybridized carbons (Fsp3) is 0.818. The maximum absolute atomic E-state index is 5.63. The molecule has 2 aliphatic heterocycles. The third-order valence-electron chi connectivity index (χ3n) is 3.79. The Kier molecular flexibility index (Phi) is 3.10. The smallest absolute Gasteiger partial charge is 0.242 e. The van der Waals surface area contributed by atoms with E-state index in [1.54, 1.807) is 7.11 Å². The van der Waals surface area contributed by atoms with Gasteiger partial charge in [-0.05, 0) is 25.7 Å². The summed E-state index contributed by atoms with van der Waals surface area (Å²) in [5, 5.41) is 8.14. The average molecular weight is 255 g/mol. The summed E-state index contributed by atoms with van der Waals surface area (Å²) in [4.78, 5) is 0. The summed E-state index contributed by atoms with van der Waals surface area (Å²) in [5.74, 6) is 1.74. The zero-order chi connectivity index (χ0) is 11.8. The number of aromatic nitrogens is 2. The Labute approximate surface area is 106 Å². The van der Waals surface area contributed by atoms with Gasteiger partial charge < -0.3 is 9.15 Å². The van der Waals surface area contributed by atoms with Crippen molar-refractivity contribution in [2.24, 2.45) is 0 Å². The second kappa shape index (κ2) is 4.59. The predicted molar refractivity (Wildman–Crippen MR) is 64.6 cm³/mol. The van der Waals surface area contributed by atoms with Crippen LogP contribution in [0.25, 0.3) is 0 Å². The van der Waals surface area contributed by atoms with Crippen LogP contribution in [0.2, 0.25) is 0 Å². The number of thiol groups is 1. The van der Waals surface area contributed by atoms with Gasteiger partial charge in [-0.25, -0.2) is 4.31 Å². The van der Waals surface area contributed by atoms with Crippen molar-refractivity contribution in [2.75, 3.05) is 7.11 Å². The van der Waals surface area contributed by atoms with E-state index in [1.807, 2.05) is 0 Å². The van der Waals surface area contributed by atoms with Gasteiger partial charge in [0.25, 0.3) is 0 Å². The molecular formula is C11H17N3O2S. The van der Waals surface area contributed by atoms with E-state index in [0.29, 0.717) is 30.5 Å². The van der Waals surface area contributed by atoms with Crippen LogP contribution < -0.4 is 0 Å². The minimum atomic E-state index is 0.394. The predicted octanol–water partition coefficient (Wildman–Crippen LogP) is 1.77. The highest BCUT2D eigenvalue weighted by molar-refractivity contribution is 7.77. The first-order valence-corrected chi connectivity index (χ1v) is 6.46. The maximum atomic E-state index is 5.63. The third kappa shape index (κ3) is 2.09. The first-order valence-electron chi connectivity index (χ1n) is 6.06. The van der Waals surface area contributed by atoms with Gasteiger partial charge in [0, 0.05) is 25.1 Å². The Morgan fingerprint density at radius 3 is 2.71 bits per heavy atom. The fourth-order valence-electron chi connectivity index (χ4n) is 2.97. The van der Waals surface area contributed by atoms with E-state index in [4.69, 9.17) is 9.15 Å². The maximum Gasteiger partial charge on any atom is 0.242 e. The minimum Gasteiger partial charge on any atom is -0.422 e. The topological polar surface area (TPSA) is 51.4 Å². The molecule has 0 aliphatic carbocycles. The van der Waals surface area contributed by atoms with Gasteiger partial charge in [0.05, 0.1) is 0 Å². The summed E-state index contributed by atoms with van der Waals surface area (Å²) in [6, 6.07) is 1.14. The van der Waals surface area contributed by atoms with Crippen molar-refractivity contribution in [3.63, 3.8) is 0 Å². The molecule has 6 heteroatoms. The van der Waals surface area contributed by atoms with Crippen LogP contribution in [0.4, 0.5) is 0 Å². The molecule has 5 nitrogen and oxygen atoms in total. The van der Waals surface area contributed by atoms with Crippen molar-refractivity contribution >= 4 is 12.8 Å².